The minimum Gasteiger partial charge on any atom is -0.294 e. The standard InChI is InChI=1S/C9H11N3O3/c1-3-5-7(14)11-9-10-6(13)4(2)12(9)8(5)15/h4-5H,3H2,1-2H3,(H,10,11,13,14)/t4-,5-/m1/s1. The molecule has 0 aromatic rings. The molecule has 1 saturated heterocycles. The molecule has 0 unspecified atom stereocenters. The first-order valence-electron chi connectivity index (χ1n) is 4.82. The Labute approximate surface area is 86.3 Å². The van der Waals surface area contributed by atoms with Crippen molar-refractivity contribution in [2.24, 2.45) is 10.9 Å². The van der Waals surface area contributed by atoms with Crippen molar-refractivity contribution in [1.29, 1.82) is 0 Å². The summed E-state index contributed by atoms with van der Waals surface area (Å²) in [7, 11) is 0. The monoisotopic (exact) mass is 209 g/mol. The number of fused-ring (bicyclic) bond motifs is 1. The third-order valence-electron chi connectivity index (χ3n) is 2.69. The molecule has 2 aliphatic heterocycles. The fourth-order valence-corrected chi connectivity index (χ4v) is 1.76. The second-order valence-electron chi connectivity index (χ2n) is 3.61. The van der Waals surface area contributed by atoms with Gasteiger partial charge in [-0.05, 0) is 13.3 Å². The molecule has 2 heterocycles. The highest BCUT2D eigenvalue weighted by molar-refractivity contribution is 6.22. The van der Waals surface area contributed by atoms with Crippen LogP contribution in [0, 0.1) is 5.92 Å². The molecule has 2 atom stereocenters. The predicted molar refractivity (Wildman–Crippen MR) is 50.7 cm³/mol. The average Bonchev–Trinajstić information content (AvgIpc) is 2.43. The van der Waals surface area contributed by atoms with E-state index in [1.807, 2.05) is 0 Å². The fraction of sp³-hybridized carbons (Fsp3) is 0.556. The summed E-state index contributed by atoms with van der Waals surface area (Å²) in [6.07, 6.45) is 0.409. The number of rotatable bonds is 1. The summed E-state index contributed by atoms with van der Waals surface area (Å²) >= 11 is 0. The number of carbonyl (C=O) groups excluding carboxylic acids is 3. The van der Waals surface area contributed by atoms with E-state index in [1.165, 1.54) is 4.90 Å². The van der Waals surface area contributed by atoms with Gasteiger partial charge in [-0.25, -0.2) is 0 Å². The molecule has 1 fully saturated rings. The smallest absolute Gasteiger partial charge is 0.261 e. The van der Waals surface area contributed by atoms with E-state index in [4.69, 9.17) is 0 Å². The molecule has 80 valence electrons. The predicted octanol–water partition coefficient (Wildman–Crippen LogP) is -0.744. The minimum atomic E-state index is -0.733. The van der Waals surface area contributed by atoms with Gasteiger partial charge in [-0.15, -0.1) is 0 Å². The summed E-state index contributed by atoms with van der Waals surface area (Å²) in [6.45, 7) is 3.36. The maximum atomic E-state index is 11.8. The normalized spacial score (nSPS) is 30.1. The molecule has 0 aromatic carbocycles. The van der Waals surface area contributed by atoms with E-state index < -0.39 is 17.9 Å². The van der Waals surface area contributed by atoms with Crippen LogP contribution in [0.25, 0.3) is 0 Å². The molecular formula is C9H11N3O3. The summed E-state index contributed by atoms with van der Waals surface area (Å²) in [6, 6.07) is -0.571. The van der Waals surface area contributed by atoms with Crippen LogP contribution >= 0.6 is 0 Å². The molecule has 0 aromatic heterocycles. The van der Waals surface area contributed by atoms with E-state index in [9.17, 15) is 14.4 Å². The van der Waals surface area contributed by atoms with Crippen molar-refractivity contribution in [3.63, 3.8) is 0 Å². The lowest BCUT2D eigenvalue weighted by atomic mass is 10.0. The third-order valence-corrected chi connectivity index (χ3v) is 2.69. The molecule has 0 saturated carbocycles. The Bertz CT molecular complexity index is 388. The lowest BCUT2D eigenvalue weighted by molar-refractivity contribution is -0.141. The summed E-state index contributed by atoms with van der Waals surface area (Å²) in [4.78, 5) is 39.5. The number of hydrogen-bond donors (Lipinski definition) is 1. The average molecular weight is 209 g/mol. The van der Waals surface area contributed by atoms with Gasteiger partial charge in [0.15, 0.2) is 0 Å². The molecule has 0 radical (unpaired) electrons. The van der Waals surface area contributed by atoms with Crippen LogP contribution < -0.4 is 5.32 Å². The number of aliphatic imine (C=N–C) groups is 1. The molecule has 3 amide bonds. The zero-order chi connectivity index (χ0) is 11.2. The molecule has 2 aliphatic rings. The van der Waals surface area contributed by atoms with Crippen molar-refractivity contribution in [2.45, 2.75) is 26.3 Å². The van der Waals surface area contributed by atoms with Crippen molar-refractivity contribution in [3.8, 4) is 0 Å². The Morgan fingerprint density at radius 3 is 2.67 bits per heavy atom. The zero-order valence-electron chi connectivity index (χ0n) is 8.48. The number of hydrogen-bond acceptors (Lipinski definition) is 3. The van der Waals surface area contributed by atoms with Gasteiger partial charge in [0.25, 0.3) is 5.91 Å². The van der Waals surface area contributed by atoms with E-state index in [-0.39, 0.29) is 17.8 Å². The largest absolute Gasteiger partial charge is 0.294 e. The Balaban J connectivity index is 2.42. The third kappa shape index (κ3) is 1.25. The number of amides is 3. The van der Waals surface area contributed by atoms with Gasteiger partial charge in [0.05, 0.1) is 0 Å². The second-order valence-corrected chi connectivity index (χ2v) is 3.61. The highest BCUT2D eigenvalue weighted by Gasteiger charge is 2.45. The highest BCUT2D eigenvalue weighted by Crippen LogP contribution is 2.21. The van der Waals surface area contributed by atoms with Crippen molar-refractivity contribution in [1.82, 2.24) is 10.2 Å². The molecule has 2 rings (SSSR count). The number of nitrogens with one attached hydrogen (secondary N) is 1. The van der Waals surface area contributed by atoms with E-state index in [1.54, 1.807) is 13.8 Å². The topological polar surface area (TPSA) is 78.8 Å². The molecule has 6 heteroatoms. The van der Waals surface area contributed by atoms with E-state index in [0.29, 0.717) is 6.42 Å². The Hall–Kier alpha value is -1.72. The van der Waals surface area contributed by atoms with Crippen molar-refractivity contribution in [2.75, 3.05) is 0 Å². The highest BCUT2D eigenvalue weighted by atomic mass is 16.2. The first kappa shape index (κ1) is 9.82. The van der Waals surface area contributed by atoms with Crippen LogP contribution in [-0.4, -0.2) is 34.6 Å². The Morgan fingerprint density at radius 2 is 2.07 bits per heavy atom. The van der Waals surface area contributed by atoms with Crippen LogP contribution in [0.4, 0.5) is 0 Å². The molecule has 0 bridgehead atoms. The van der Waals surface area contributed by atoms with Gasteiger partial charge in [0.2, 0.25) is 17.8 Å². The van der Waals surface area contributed by atoms with Crippen LogP contribution in [0.15, 0.2) is 4.99 Å². The quantitative estimate of drug-likeness (QED) is 0.577. The summed E-state index contributed by atoms with van der Waals surface area (Å²) < 4.78 is 0. The van der Waals surface area contributed by atoms with E-state index in [0.717, 1.165) is 0 Å². The van der Waals surface area contributed by atoms with Gasteiger partial charge in [-0.2, -0.15) is 4.99 Å². The van der Waals surface area contributed by atoms with Gasteiger partial charge < -0.3 is 0 Å². The van der Waals surface area contributed by atoms with Crippen molar-refractivity contribution < 1.29 is 14.4 Å². The van der Waals surface area contributed by atoms with Crippen LogP contribution in [0.5, 0.6) is 0 Å². The molecular weight excluding hydrogens is 198 g/mol. The van der Waals surface area contributed by atoms with Gasteiger partial charge in [-0.3, -0.25) is 24.6 Å². The SMILES string of the molecule is CC[C@@H]1C(=O)N=C2NC(=O)[C@@H](C)N2C1=O. The maximum absolute atomic E-state index is 11.8. The fourth-order valence-electron chi connectivity index (χ4n) is 1.76. The van der Waals surface area contributed by atoms with Gasteiger partial charge in [0, 0.05) is 0 Å². The van der Waals surface area contributed by atoms with Crippen molar-refractivity contribution in [3.05, 3.63) is 0 Å². The molecule has 1 N–H and O–H groups in total. The molecule has 15 heavy (non-hydrogen) atoms. The maximum Gasteiger partial charge on any atom is 0.261 e. The van der Waals surface area contributed by atoms with Crippen LogP contribution in [0.2, 0.25) is 0 Å². The zero-order valence-corrected chi connectivity index (χ0v) is 8.48. The first-order valence-corrected chi connectivity index (χ1v) is 4.82. The van der Waals surface area contributed by atoms with Crippen LogP contribution in [0.1, 0.15) is 20.3 Å². The number of nitrogens with zero attached hydrogens (tertiary/aromatic N) is 2. The lowest BCUT2D eigenvalue weighted by Crippen LogP contribution is -2.48. The van der Waals surface area contributed by atoms with Crippen LogP contribution in [-0.2, 0) is 14.4 Å². The lowest BCUT2D eigenvalue weighted by Gasteiger charge is -2.26. The molecule has 6 nitrogen and oxygen atoms in total. The number of carbonyl (C=O) groups is 3. The van der Waals surface area contributed by atoms with Gasteiger partial charge >= 0.3 is 0 Å². The Kier molecular flexibility index (Phi) is 2.06. The van der Waals surface area contributed by atoms with Crippen LogP contribution in [0.3, 0.4) is 0 Å². The van der Waals surface area contributed by atoms with Crippen molar-refractivity contribution >= 4 is 23.7 Å². The summed E-state index contributed by atoms with van der Waals surface area (Å²) in [5.74, 6) is -1.76. The molecule has 0 spiro atoms. The minimum absolute atomic E-state index is 0.0761. The molecule has 0 aliphatic carbocycles. The second kappa shape index (κ2) is 3.15. The van der Waals surface area contributed by atoms with E-state index in [2.05, 4.69) is 10.3 Å². The van der Waals surface area contributed by atoms with Gasteiger partial charge in [0.1, 0.15) is 12.0 Å². The van der Waals surface area contributed by atoms with E-state index >= 15 is 0 Å². The first-order chi connectivity index (χ1) is 7.06. The Morgan fingerprint density at radius 1 is 1.40 bits per heavy atom. The summed E-state index contributed by atoms with van der Waals surface area (Å²) in [5.41, 5.74) is 0. The van der Waals surface area contributed by atoms with Gasteiger partial charge in [-0.1, -0.05) is 6.92 Å². The summed E-state index contributed by atoms with van der Waals surface area (Å²) in [5, 5.41) is 2.41. The number of guanidine groups is 1.